The molecule has 0 radical (unpaired) electrons. The lowest BCUT2D eigenvalue weighted by molar-refractivity contribution is 0.0948. The fourth-order valence-electron chi connectivity index (χ4n) is 2.68. The highest BCUT2D eigenvalue weighted by Crippen LogP contribution is 2.26. The van der Waals surface area contributed by atoms with Crippen LogP contribution in [0.25, 0.3) is 10.9 Å². The van der Waals surface area contributed by atoms with Gasteiger partial charge in [0, 0.05) is 17.4 Å². The summed E-state index contributed by atoms with van der Waals surface area (Å²) in [6.45, 7) is 7.01. The minimum absolute atomic E-state index is 0.0713. The van der Waals surface area contributed by atoms with Gasteiger partial charge in [0.15, 0.2) is 0 Å². The fraction of sp³-hybridized carbons (Fsp3) is 0.286. The Morgan fingerprint density at radius 1 is 1.12 bits per heavy atom. The molecule has 0 saturated carbocycles. The first kappa shape index (κ1) is 17.1. The minimum atomic E-state index is -0.0713. The predicted octanol–water partition coefficient (Wildman–Crippen LogP) is 5.04. The zero-order valence-electron chi connectivity index (χ0n) is 14.9. The predicted molar refractivity (Wildman–Crippen MR) is 101 cm³/mol. The van der Waals surface area contributed by atoms with Crippen LogP contribution in [-0.4, -0.2) is 17.4 Å². The van der Waals surface area contributed by atoms with Crippen molar-refractivity contribution in [3.05, 3.63) is 59.8 Å². The summed E-state index contributed by atoms with van der Waals surface area (Å²) in [6, 6.07) is 15.6. The van der Waals surface area contributed by atoms with E-state index in [-0.39, 0.29) is 5.91 Å². The number of hydrogen-bond donors (Lipinski definition) is 2. The van der Waals surface area contributed by atoms with Crippen molar-refractivity contribution < 1.29 is 9.53 Å². The summed E-state index contributed by atoms with van der Waals surface area (Å²) in [5, 5.41) is 3.91. The van der Waals surface area contributed by atoms with Gasteiger partial charge in [-0.1, -0.05) is 26.0 Å². The smallest absolute Gasteiger partial charge is 0.267 e. The molecule has 130 valence electrons. The molecule has 2 N–H and O–H groups in total. The van der Waals surface area contributed by atoms with Crippen LogP contribution in [0.4, 0.5) is 0 Å². The van der Waals surface area contributed by atoms with Gasteiger partial charge in [-0.3, -0.25) is 4.79 Å². The molecule has 3 aromatic rings. The number of aromatic nitrogens is 1. The van der Waals surface area contributed by atoms with E-state index in [4.69, 9.17) is 4.74 Å². The lowest BCUT2D eigenvalue weighted by Crippen LogP contribution is -2.25. The van der Waals surface area contributed by atoms with Gasteiger partial charge in [-0.05, 0) is 61.2 Å². The third kappa shape index (κ3) is 4.41. The van der Waals surface area contributed by atoms with Crippen molar-refractivity contribution in [2.45, 2.75) is 27.2 Å². The number of hydrogen-bond acceptors (Lipinski definition) is 2. The second-order valence-corrected chi connectivity index (χ2v) is 6.79. The molecule has 4 nitrogen and oxygen atoms in total. The van der Waals surface area contributed by atoms with Crippen LogP contribution < -0.4 is 10.1 Å². The summed E-state index contributed by atoms with van der Waals surface area (Å²) in [6.07, 6.45) is 0.973. The summed E-state index contributed by atoms with van der Waals surface area (Å²) in [4.78, 5) is 15.4. The van der Waals surface area contributed by atoms with Crippen molar-refractivity contribution in [2.75, 3.05) is 6.54 Å². The number of carbonyl (C=O) groups excluding carboxylic acids is 1. The topological polar surface area (TPSA) is 54.1 Å². The summed E-state index contributed by atoms with van der Waals surface area (Å²) in [5.41, 5.74) is 2.65. The Labute approximate surface area is 148 Å². The zero-order chi connectivity index (χ0) is 17.8. The van der Waals surface area contributed by atoms with E-state index in [2.05, 4.69) is 24.1 Å². The normalized spacial score (nSPS) is 11.0. The van der Waals surface area contributed by atoms with Crippen LogP contribution in [-0.2, 0) is 0 Å². The largest absolute Gasteiger partial charge is 0.457 e. The number of rotatable bonds is 6. The van der Waals surface area contributed by atoms with Gasteiger partial charge in [0.25, 0.3) is 5.91 Å². The van der Waals surface area contributed by atoms with Gasteiger partial charge < -0.3 is 15.0 Å². The van der Waals surface area contributed by atoms with Gasteiger partial charge in [0.1, 0.15) is 17.2 Å². The fourth-order valence-corrected chi connectivity index (χ4v) is 2.68. The molecule has 0 bridgehead atoms. The molecule has 0 aliphatic heterocycles. The average molecular weight is 336 g/mol. The lowest BCUT2D eigenvalue weighted by atomic mass is 10.1. The van der Waals surface area contributed by atoms with E-state index in [1.165, 1.54) is 0 Å². The first-order valence-electron chi connectivity index (χ1n) is 8.67. The van der Waals surface area contributed by atoms with Gasteiger partial charge in [0.05, 0.1) is 0 Å². The van der Waals surface area contributed by atoms with E-state index in [1.807, 2.05) is 55.5 Å². The Kier molecular flexibility index (Phi) is 5.08. The third-order valence-electron chi connectivity index (χ3n) is 4.07. The highest BCUT2D eigenvalue weighted by atomic mass is 16.5. The SMILES string of the molecule is Cc1cccc(Oc2ccc3[nH]c(C(=O)NCCC(C)C)cc3c2)c1. The maximum absolute atomic E-state index is 12.2. The standard InChI is InChI=1S/C21H24N2O2/c1-14(2)9-10-22-21(24)20-13-16-12-18(7-8-19(16)23-20)25-17-6-4-5-15(3)11-17/h4-8,11-14,23H,9-10H2,1-3H3,(H,22,24). The maximum Gasteiger partial charge on any atom is 0.267 e. The third-order valence-corrected chi connectivity index (χ3v) is 4.07. The van der Waals surface area contributed by atoms with E-state index in [0.29, 0.717) is 18.2 Å². The first-order chi connectivity index (χ1) is 12.0. The number of aromatic amines is 1. The molecule has 0 spiro atoms. The van der Waals surface area contributed by atoms with Gasteiger partial charge >= 0.3 is 0 Å². The van der Waals surface area contributed by atoms with Gasteiger partial charge in [0.2, 0.25) is 0 Å². The Morgan fingerprint density at radius 2 is 1.92 bits per heavy atom. The number of nitrogens with one attached hydrogen (secondary N) is 2. The Morgan fingerprint density at radius 3 is 2.68 bits per heavy atom. The van der Waals surface area contributed by atoms with E-state index in [1.54, 1.807) is 0 Å². The molecule has 0 aliphatic carbocycles. The summed E-state index contributed by atoms with van der Waals surface area (Å²) >= 11 is 0. The lowest BCUT2D eigenvalue weighted by Gasteiger charge is -2.06. The number of H-pyrrole nitrogens is 1. The number of amides is 1. The van der Waals surface area contributed by atoms with Crippen molar-refractivity contribution in [2.24, 2.45) is 5.92 Å². The van der Waals surface area contributed by atoms with Crippen LogP contribution in [0.3, 0.4) is 0 Å². The van der Waals surface area contributed by atoms with E-state index in [0.717, 1.165) is 34.4 Å². The second-order valence-electron chi connectivity index (χ2n) is 6.79. The Bertz CT molecular complexity index is 880. The highest BCUT2D eigenvalue weighted by Gasteiger charge is 2.10. The van der Waals surface area contributed by atoms with Crippen LogP contribution >= 0.6 is 0 Å². The minimum Gasteiger partial charge on any atom is -0.457 e. The molecule has 0 aliphatic rings. The zero-order valence-corrected chi connectivity index (χ0v) is 14.9. The molecule has 2 aromatic carbocycles. The first-order valence-corrected chi connectivity index (χ1v) is 8.67. The molecule has 0 fully saturated rings. The molecule has 25 heavy (non-hydrogen) atoms. The van der Waals surface area contributed by atoms with Gasteiger partial charge in [-0.15, -0.1) is 0 Å². The molecule has 1 amide bonds. The van der Waals surface area contributed by atoms with E-state index < -0.39 is 0 Å². The van der Waals surface area contributed by atoms with Crippen molar-refractivity contribution >= 4 is 16.8 Å². The number of aryl methyl sites for hydroxylation is 1. The Hall–Kier alpha value is -2.75. The summed E-state index contributed by atoms with van der Waals surface area (Å²) < 4.78 is 5.91. The van der Waals surface area contributed by atoms with Gasteiger partial charge in [-0.2, -0.15) is 0 Å². The molecule has 3 rings (SSSR count). The molecule has 0 atom stereocenters. The van der Waals surface area contributed by atoms with Crippen LogP contribution in [0.1, 0.15) is 36.3 Å². The second kappa shape index (κ2) is 7.43. The number of ether oxygens (including phenoxy) is 1. The molecule has 4 heteroatoms. The van der Waals surface area contributed by atoms with Crippen LogP contribution in [0.5, 0.6) is 11.5 Å². The molecule has 1 heterocycles. The van der Waals surface area contributed by atoms with Crippen molar-refractivity contribution in [1.29, 1.82) is 0 Å². The van der Waals surface area contributed by atoms with Gasteiger partial charge in [-0.25, -0.2) is 0 Å². The summed E-state index contributed by atoms with van der Waals surface area (Å²) in [5.74, 6) is 2.06. The van der Waals surface area contributed by atoms with Crippen molar-refractivity contribution in [3.63, 3.8) is 0 Å². The maximum atomic E-state index is 12.2. The van der Waals surface area contributed by atoms with Crippen LogP contribution in [0.15, 0.2) is 48.5 Å². The van der Waals surface area contributed by atoms with E-state index >= 15 is 0 Å². The Balaban J connectivity index is 1.74. The van der Waals surface area contributed by atoms with Crippen LogP contribution in [0.2, 0.25) is 0 Å². The quantitative estimate of drug-likeness (QED) is 0.662. The summed E-state index contributed by atoms with van der Waals surface area (Å²) in [7, 11) is 0. The van der Waals surface area contributed by atoms with Crippen molar-refractivity contribution in [1.82, 2.24) is 10.3 Å². The molecule has 1 aromatic heterocycles. The molecular formula is C21H24N2O2. The van der Waals surface area contributed by atoms with E-state index in [9.17, 15) is 4.79 Å². The number of carbonyl (C=O) groups is 1. The van der Waals surface area contributed by atoms with Crippen LogP contribution in [0, 0.1) is 12.8 Å². The monoisotopic (exact) mass is 336 g/mol. The molecular weight excluding hydrogens is 312 g/mol. The average Bonchev–Trinajstić information content (AvgIpc) is 2.98. The number of fused-ring (bicyclic) bond motifs is 1. The molecule has 0 unspecified atom stereocenters. The van der Waals surface area contributed by atoms with Crippen molar-refractivity contribution in [3.8, 4) is 11.5 Å². The molecule has 0 saturated heterocycles. The highest BCUT2D eigenvalue weighted by molar-refractivity contribution is 5.98. The number of benzene rings is 2.